The second-order valence-electron chi connectivity index (χ2n) is 15.0. The van der Waals surface area contributed by atoms with Gasteiger partial charge in [0.05, 0.1) is 44.8 Å². The number of fused-ring (bicyclic) bond motifs is 3. The maximum atomic E-state index is 12.8. The third-order valence-corrected chi connectivity index (χ3v) is 10.1. The minimum atomic E-state index is -5.07. The molecule has 1 saturated carbocycles. The van der Waals surface area contributed by atoms with Gasteiger partial charge in [-0.2, -0.15) is 9.35 Å². The fourth-order valence-electron chi connectivity index (χ4n) is 6.92. The molecule has 4 rings (SSSR count). The zero-order chi connectivity index (χ0) is 35.8. The Hall–Kier alpha value is -2.42. The lowest BCUT2D eigenvalue weighted by molar-refractivity contribution is -0.929. The molecule has 2 bridgehead atoms. The molecule has 13 nitrogen and oxygen atoms in total. The summed E-state index contributed by atoms with van der Waals surface area (Å²) in [6.07, 6.45) is 12.7. The zero-order valence-electron chi connectivity index (χ0n) is 30.7. The minimum absolute atomic E-state index is 0.125. The van der Waals surface area contributed by atoms with Crippen LogP contribution in [0.3, 0.4) is 0 Å². The molecule has 0 unspecified atom stereocenters. The molecule has 276 valence electrons. The highest BCUT2D eigenvalue weighted by Crippen LogP contribution is 2.61. The normalized spacial score (nSPS) is 20.1. The van der Waals surface area contributed by atoms with Gasteiger partial charge in [-0.3, -0.25) is 0 Å². The van der Waals surface area contributed by atoms with Crippen LogP contribution in [0.4, 0.5) is 9.59 Å². The monoisotopic (exact) mass is 699 g/mol. The average Bonchev–Trinajstić information content (AvgIpc) is 3.52. The quantitative estimate of drug-likeness (QED) is 0.0977. The van der Waals surface area contributed by atoms with Crippen molar-refractivity contribution in [2.24, 2.45) is 5.41 Å². The molecule has 3 aliphatic rings. The zero-order valence-corrected chi connectivity index (χ0v) is 31.5. The third kappa shape index (κ3) is 11.0. The molecule has 1 aliphatic carbocycles. The predicted octanol–water partition coefficient (Wildman–Crippen LogP) is 6.77. The number of rotatable bonds is 17. The first-order chi connectivity index (χ1) is 22.5. The van der Waals surface area contributed by atoms with E-state index in [4.69, 9.17) is 9.26 Å². The van der Waals surface area contributed by atoms with Crippen LogP contribution in [0.1, 0.15) is 137 Å². The largest absolute Gasteiger partial charge is 0.724 e. The molecule has 3 amide bonds. The fourth-order valence-corrected chi connectivity index (χ4v) is 7.28. The summed E-state index contributed by atoms with van der Waals surface area (Å²) < 4.78 is 49.9. The average molecular weight is 700 g/mol. The molecule has 2 atom stereocenters. The van der Waals surface area contributed by atoms with E-state index in [0.29, 0.717) is 22.9 Å². The van der Waals surface area contributed by atoms with E-state index >= 15 is 0 Å². The van der Waals surface area contributed by atoms with Gasteiger partial charge < -0.3 is 28.1 Å². The number of piperidine rings is 1. The number of amides is 3. The molecule has 2 aliphatic heterocycles. The van der Waals surface area contributed by atoms with Crippen LogP contribution < -0.4 is 0 Å². The third-order valence-electron chi connectivity index (χ3n) is 9.79. The maximum Gasteiger partial charge on any atom is 0.410 e. The van der Waals surface area contributed by atoms with Crippen LogP contribution in [0.25, 0.3) is 0 Å². The van der Waals surface area contributed by atoms with Gasteiger partial charge in [-0.25, -0.2) is 18.0 Å². The lowest BCUT2D eigenvalue weighted by atomic mass is 9.84. The summed E-state index contributed by atoms with van der Waals surface area (Å²) in [6, 6.07) is 0.0418. The Labute approximate surface area is 288 Å². The minimum Gasteiger partial charge on any atom is -0.724 e. The van der Waals surface area contributed by atoms with Gasteiger partial charge in [0.15, 0.2) is 5.76 Å². The second-order valence-corrected chi connectivity index (χ2v) is 16.0. The van der Waals surface area contributed by atoms with Crippen molar-refractivity contribution in [3.05, 3.63) is 17.5 Å². The number of unbranched alkanes of at least 4 members (excludes halogenated alkanes) is 4. The lowest BCUT2D eigenvalue weighted by Crippen LogP contribution is -2.50. The van der Waals surface area contributed by atoms with Gasteiger partial charge in [0.25, 0.3) is 0 Å². The Bertz CT molecular complexity index is 1250. The molecule has 1 spiro atoms. The Morgan fingerprint density at radius 2 is 1.56 bits per heavy atom. The molecule has 1 aromatic rings. The molecule has 0 radical (unpaired) electrons. The van der Waals surface area contributed by atoms with E-state index in [9.17, 15) is 22.6 Å². The summed E-state index contributed by atoms with van der Waals surface area (Å²) in [5.41, 5.74) is -0.446. The molecule has 0 aromatic carbocycles. The van der Waals surface area contributed by atoms with E-state index in [1.165, 1.54) is 91.8 Å². The summed E-state index contributed by atoms with van der Waals surface area (Å²) >= 11 is 0. The van der Waals surface area contributed by atoms with Crippen LogP contribution in [-0.4, -0.2) is 101 Å². The first-order valence-electron chi connectivity index (χ1n) is 18.0. The first-order valence-corrected chi connectivity index (χ1v) is 19.4. The van der Waals surface area contributed by atoms with E-state index in [-0.39, 0.29) is 18.5 Å². The van der Waals surface area contributed by atoms with Crippen molar-refractivity contribution in [1.82, 2.24) is 20.0 Å². The van der Waals surface area contributed by atoms with Crippen molar-refractivity contribution in [3.8, 4) is 0 Å². The fraction of sp³-hybridized carbons (Fsp3) is 0.853. The van der Waals surface area contributed by atoms with Gasteiger partial charge in [-0.15, -0.1) is 0 Å². The molecule has 1 aromatic heterocycles. The van der Waals surface area contributed by atoms with Crippen LogP contribution in [0.2, 0.25) is 0 Å². The van der Waals surface area contributed by atoms with E-state index in [0.717, 1.165) is 12.8 Å². The van der Waals surface area contributed by atoms with Gasteiger partial charge in [0.2, 0.25) is 10.4 Å². The van der Waals surface area contributed by atoms with Gasteiger partial charge in [-0.05, 0) is 71.1 Å². The summed E-state index contributed by atoms with van der Waals surface area (Å²) in [7, 11) is -3.50. The van der Waals surface area contributed by atoms with Crippen LogP contribution in [0.5, 0.6) is 0 Å². The van der Waals surface area contributed by atoms with Gasteiger partial charge >= 0.3 is 12.1 Å². The molecule has 14 heteroatoms. The van der Waals surface area contributed by atoms with Crippen molar-refractivity contribution in [3.63, 3.8) is 0 Å². The molecule has 0 N–H and O–H groups in total. The van der Waals surface area contributed by atoms with Gasteiger partial charge in [-0.1, -0.05) is 58.5 Å². The number of aromatic nitrogens is 1. The highest BCUT2D eigenvalue weighted by atomic mass is 32.3. The van der Waals surface area contributed by atoms with Crippen LogP contribution >= 0.6 is 0 Å². The van der Waals surface area contributed by atoms with Gasteiger partial charge in [0, 0.05) is 19.7 Å². The highest BCUT2D eigenvalue weighted by molar-refractivity contribution is 7.80. The molecular formula is C34H61N5O8S. The molecule has 48 heavy (non-hydrogen) atoms. The Balaban J connectivity index is 0.000000315. The second kappa shape index (κ2) is 17.0. The smallest absolute Gasteiger partial charge is 0.410 e. The Morgan fingerprint density at radius 3 is 2.00 bits per heavy atom. The van der Waals surface area contributed by atoms with E-state index in [1.54, 1.807) is 33.9 Å². The molecule has 2 saturated heterocycles. The molecular weight excluding hydrogens is 638 g/mol. The number of ether oxygens (including phenoxy) is 1. The van der Waals surface area contributed by atoms with Crippen molar-refractivity contribution in [2.75, 3.05) is 39.8 Å². The number of carbonyl (C=O) groups is 2. The van der Waals surface area contributed by atoms with Crippen LogP contribution in [0.15, 0.2) is 10.6 Å². The van der Waals surface area contributed by atoms with Crippen molar-refractivity contribution in [2.45, 2.75) is 143 Å². The van der Waals surface area contributed by atoms with Crippen LogP contribution in [-0.2, 0) is 26.0 Å². The van der Waals surface area contributed by atoms with E-state index in [2.05, 4.69) is 37.1 Å². The van der Waals surface area contributed by atoms with Crippen molar-refractivity contribution < 1.29 is 40.6 Å². The standard InChI is InChI=1S/C18H26N4O8S.C16H36N/c1-17(2,3)28-16(24)20(4)9-11-7-12(19-29-11)13-8-18(5-6-18)14-10-21(13)15(23)22(14)30-31(25,26)27;1-5-9-13-17(14-10-6-2,15-11-7-3)16-12-8-4/h7,13-14H,5-6,8-10H2,1-4H3,(H,25,26,27);5-16H2,1-4H3/q;+1/p-1/t13-,14-;/m0./s1. The Kier molecular flexibility index (Phi) is 14.2. The number of hydroxylamine groups is 2. The number of hydrogen-bond acceptors (Lipinski definition) is 9. The number of hydrogen-bond donors (Lipinski definition) is 0. The molecule has 3 heterocycles. The predicted molar refractivity (Wildman–Crippen MR) is 181 cm³/mol. The first kappa shape index (κ1) is 40.0. The number of urea groups is 1. The topological polar surface area (TPSA) is 146 Å². The van der Waals surface area contributed by atoms with Gasteiger partial charge in [0.1, 0.15) is 11.3 Å². The summed E-state index contributed by atoms with van der Waals surface area (Å²) in [6.45, 7) is 20.7. The van der Waals surface area contributed by atoms with E-state index < -0.39 is 40.2 Å². The molecule has 3 fully saturated rings. The van der Waals surface area contributed by atoms with E-state index in [1.807, 2.05) is 0 Å². The number of nitrogens with zero attached hydrogens (tertiary/aromatic N) is 5. The summed E-state index contributed by atoms with van der Waals surface area (Å²) in [5.74, 6) is 0.414. The lowest BCUT2D eigenvalue weighted by Gasteiger charge is -2.39. The van der Waals surface area contributed by atoms with Crippen molar-refractivity contribution in [1.29, 1.82) is 0 Å². The van der Waals surface area contributed by atoms with Crippen LogP contribution in [0, 0.1) is 5.41 Å². The summed E-state index contributed by atoms with van der Waals surface area (Å²) in [4.78, 5) is 27.7. The Morgan fingerprint density at radius 1 is 1.04 bits per heavy atom. The SMILES string of the molecule is CCCC[N+](CCCC)(CCCC)CCCC.CN(Cc1cc([C@@H]2CC3(CC3)[C@@H]3CN2C(=O)N3OS(=O)(=O)[O-])no1)C(=O)OC(C)(C)C. The number of quaternary nitrogens is 1. The van der Waals surface area contributed by atoms with Crippen molar-refractivity contribution >= 4 is 22.5 Å². The number of carbonyl (C=O) groups excluding carboxylic acids is 2. The maximum absolute atomic E-state index is 12.8. The highest BCUT2D eigenvalue weighted by Gasteiger charge is 2.64. The summed E-state index contributed by atoms with van der Waals surface area (Å²) in [5, 5.41) is 4.78.